The Morgan fingerprint density at radius 1 is 0.846 bits per heavy atom. The molecular formula is C29H28N4O5S. The van der Waals surface area contributed by atoms with Gasteiger partial charge in [-0.3, -0.25) is 9.59 Å². The van der Waals surface area contributed by atoms with Crippen LogP contribution in [0.3, 0.4) is 0 Å². The van der Waals surface area contributed by atoms with Crippen molar-refractivity contribution in [2.24, 2.45) is 0 Å². The fourth-order valence-electron chi connectivity index (χ4n) is 3.74. The second-order valence-electron chi connectivity index (χ2n) is 8.68. The van der Waals surface area contributed by atoms with Gasteiger partial charge in [0.05, 0.1) is 12.4 Å². The lowest BCUT2D eigenvalue weighted by Crippen LogP contribution is -2.31. The molecule has 0 unspecified atom stereocenters. The molecule has 10 heteroatoms. The molecule has 0 aliphatic carbocycles. The summed E-state index contributed by atoms with van der Waals surface area (Å²) in [6.07, 6.45) is 4.06. The van der Waals surface area contributed by atoms with E-state index in [2.05, 4.69) is 20.0 Å². The van der Waals surface area contributed by atoms with E-state index < -0.39 is 15.9 Å². The van der Waals surface area contributed by atoms with Crippen molar-refractivity contribution in [2.75, 3.05) is 6.61 Å². The van der Waals surface area contributed by atoms with Gasteiger partial charge in [0.25, 0.3) is 11.8 Å². The van der Waals surface area contributed by atoms with Crippen molar-refractivity contribution >= 4 is 21.8 Å². The zero-order chi connectivity index (χ0) is 27.7. The van der Waals surface area contributed by atoms with E-state index in [-0.39, 0.29) is 23.8 Å². The van der Waals surface area contributed by atoms with E-state index in [0.717, 1.165) is 12.0 Å². The smallest absolute Gasteiger partial charge is 0.264 e. The van der Waals surface area contributed by atoms with Crippen molar-refractivity contribution in [2.45, 2.75) is 25.6 Å². The van der Waals surface area contributed by atoms with Gasteiger partial charge < -0.3 is 10.1 Å². The zero-order valence-corrected chi connectivity index (χ0v) is 22.1. The van der Waals surface area contributed by atoms with E-state index in [0.29, 0.717) is 34.9 Å². The third kappa shape index (κ3) is 7.71. The SMILES string of the molecule is CCCOc1ccc(C(=O)NS(=O)(=O)Cc2ccccc2)cc1CNC(=O)c1ccc(-c2ncccn2)cc1. The Morgan fingerprint density at radius 2 is 1.54 bits per heavy atom. The van der Waals surface area contributed by atoms with E-state index in [1.54, 1.807) is 79.1 Å². The van der Waals surface area contributed by atoms with E-state index >= 15 is 0 Å². The van der Waals surface area contributed by atoms with Crippen LogP contribution in [0.15, 0.2) is 91.3 Å². The predicted octanol–water partition coefficient (Wildman–Crippen LogP) is 4.12. The monoisotopic (exact) mass is 544 g/mol. The summed E-state index contributed by atoms with van der Waals surface area (Å²) < 4.78 is 33.0. The van der Waals surface area contributed by atoms with E-state index in [1.165, 1.54) is 12.1 Å². The number of carbonyl (C=O) groups excluding carboxylic acids is 2. The van der Waals surface area contributed by atoms with Crippen LogP contribution in [-0.4, -0.2) is 36.8 Å². The normalized spacial score (nSPS) is 11.0. The minimum absolute atomic E-state index is 0.0688. The van der Waals surface area contributed by atoms with Crippen molar-refractivity contribution in [3.8, 4) is 17.1 Å². The number of aromatic nitrogens is 2. The molecule has 4 aromatic rings. The molecule has 4 rings (SSSR count). The van der Waals surface area contributed by atoms with Gasteiger partial charge in [-0.2, -0.15) is 0 Å². The predicted molar refractivity (Wildman–Crippen MR) is 147 cm³/mol. The maximum Gasteiger partial charge on any atom is 0.264 e. The van der Waals surface area contributed by atoms with Crippen molar-refractivity contribution in [3.05, 3.63) is 114 Å². The van der Waals surface area contributed by atoms with Gasteiger partial charge in [0.15, 0.2) is 5.82 Å². The zero-order valence-electron chi connectivity index (χ0n) is 21.3. The average Bonchev–Trinajstić information content (AvgIpc) is 2.95. The Kier molecular flexibility index (Phi) is 9.01. The molecule has 0 aliphatic heterocycles. The first-order chi connectivity index (χ1) is 18.8. The maximum atomic E-state index is 12.8. The molecular weight excluding hydrogens is 516 g/mol. The van der Waals surface area contributed by atoms with Crippen molar-refractivity contribution in [3.63, 3.8) is 0 Å². The number of hydrogen-bond donors (Lipinski definition) is 2. The second-order valence-corrected chi connectivity index (χ2v) is 10.4. The minimum atomic E-state index is -3.91. The molecule has 0 aliphatic rings. The summed E-state index contributed by atoms with van der Waals surface area (Å²) in [4.78, 5) is 34.0. The number of nitrogens with zero attached hydrogens (tertiary/aromatic N) is 2. The molecule has 0 fully saturated rings. The van der Waals surface area contributed by atoms with Crippen LogP contribution in [0.4, 0.5) is 0 Å². The Hall–Kier alpha value is -4.57. The summed E-state index contributed by atoms with van der Waals surface area (Å²) in [5, 5.41) is 2.84. The molecule has 1 heterocycles. The minimum Gasteiger partial charge on any atom is -0.493 e. The first kappa shape index (κ1) is 27.5. The molecule has 39 heavy (non-hydrogen) atoms. The summed E-state index contributed by atoms with van der Waals surface area (Å²) in [5.41, 5.74) is 2.45. The van der Waals surface area contributed by atoms with Gasteiger partial charge in [-0.1, -0.05) is 49.4 Å². The molecule has 0 atom stereocenters. The van der Waals surface area contributed by atoms with Gasteiger partial charge in [-0.05, 0) is 48.4 Å². The van der Waals surface area contributed by atoms with Gasteiger partial charge in [0.2, 0.25) is 10.0 Å². The van der Waals surface area contributed by atoms with Crippen LogP contribution in [0.1, 0.15) is 45.2 Å². The van der Waals surface area contributed by atoms with Crippen molar-refractivity contribution in [1.82, 2.24) is 20.0 Å². The Morgan fingerprint density at radius 3 is 2.23 bits per heavy atom. The van der Waals surface area contributed by atoms with Gasteiger partial charge in [-0.15, -0.1) is 0 Å². The summed E-state index contributed by atoms with van der Waals surface area (Å²) in [7, 11) is -3.91. The van der Waals surface area contributed by atoms with Crippen LogP contribution in [0.2, 0.25) is 0 Å². The molecule has 0 radical (unpaired) electrons. The van der Waals surface area contributed by atoms with Crippen LogP contribution in [0, 0.1) is 0 Å². The highest BCUT2D eigenvalue weighted by molar-refractivity contribution is 7.89. The number of benzene rings is 3. The Labute approximate surface area is 227 Å². The van der Waals surface area contributed by atoms with Gasteiger partial charge >= 0.3 is 0 Å². The molecule has 0 bridgehead atoms. The lowest BCUT2D eigenvalue weighted by molar-refractivity contribution is 0.0949. The molecule has 200 valence electrons. The highest BCUT2D eigenvalue weighted by Gasteiger charge is 2.19. The molecule has 3 aromatic carbocycles. The van der Waals surface area contributed by atoms with Crippen LogP contribution >= 0.6 is 0 Å². The highest BCUT2D eigenvalue weighted by Crippen LogP contribution is 2.22. The van der Waals surface area contributed by atoms with E-state index in [4.69, 9.17) is 4.74 Å². The first-order valence-corrected chi connectivity index (χ1v) is 14.0. The molecule has 9 nitrogen and oxygen atoms in total. The van der Waals surface area contributed by atoms with Gasteiger partial charge in [-0.25, -0.2) is 23.1 Å². The first-order valence-electron chi connectivity index (χ1n) is 12.3. The third-order valence-corrected chi connectivity index (χ3v) is 6.85. The standard InChI is InChI=1S/C29H28N4O5S/c1-2-17-38-26-14-13-24(29(35)33-39(36,37)20-21-7-4-3-5-8-21)18-25(26)19-32-28(34)23-11-9-22(10-12-23)27-30-15-6-16-31-27/h3-16,18H,2,17,19-20H2,1H3,(H,32,34)(H,33,35). The van der Waals surface area contributed by atoms with Crippen molar-refractivity contribution in [1.29, 1.82) is 0 Å². The van der Waals surface area contributed by atoms with Crippen LogP contribution in [-0.2, 0) is 22.3 Å². The molecule has 2 amide bonds. The lowest BCUT2D eigenvalue weighted by Gasteiger charge is -2.14. The number of rotatable bonds is 11. The van der Waals surface area contributed by atoms with E-state index in [9.17, 15) is 18.0 Å². The largest absolute Gasteiger partial charge is 0.493 e. The van der Waals surface area contributed by atoms with Crippen LogP contribution in [0.25, 0.3) is 11.4 Å². The molecule has 2 N–H and O–H groups in total. The summed E-state index contributed by atoms with van der Waals surface area (Å²) >= 11 is 0. The van der Waals surface area contributed by atoms with Gasteiger partial charge in [0, 0.05) is 41.2 Å². The number of ether oxygens (including phenoxy) is 1. The third-order valence-electron chi connectivity index (χ3n) is 5.64. The Balaban J connectivity index is 1.46. The number of amides is 2. The van der Waals surface area contributed by atoms with Gasteiger partial charge in [0.1, 0.15) is 5.75 Å². The fraction of sp³-hybridized carbons (Fsp3) is 0.172. The lowest BCUT2D eigenvalue weighted by atomic mass is 10.1. The van der Waals surface area contributed by atoms with E-state index in [1.807, 2.05) is 6.92 Å². The number of carbonyl (C=O) groups is 2. The molecule has 1 aromatic heterocycles. The number of sulfonamides is 1. The van der Waals surface area contributed by atoms with Crippen LogP contribution in [0.5, 0.6) is 5.75 Å². The summed E-state index contributed by atoms with van der Waals surface area (Å²) in [5.74, 6) is -0.355. The second kappa shape index (κ2) is 12.8. The molecule has 0 saturated carbocycles. The van der Waals surface area contributed by atoms with Crippen molar-refractivity contribution < 1.29 is 22.7 Å². The summed E-state index contributed by atoms with van der Waals surface area (Å²) in [6, 6.07) is 21.8. The van der Waals surface area contributed by atoms with Crippen LogP contribution < -0.4 is 14.8 Å². The quantitative estimate of drug-likeness (QED) is 0.291. The number of hydrogen-bond acceptors (Lipinski definition) is 7. The maximum absolute atomic E-state index is 12.8. The topological polar surface area (TPSA) is 127 Å². The number of nitrogens with one attached hydrogen (secondary N) is 2. The Bertz CT molecular complexity index is 1530. The molecule has 0 spiro atoms. The summed E-state index contributed by atoms with van der Waals surface area (Å²) in [6.45, 7) is 2.48. The average molecular weight is 545 g/mol. The molecule has 0 saturated heterocycles. The fourth-order valence-corrected chi connectivity index (χ4v) is 4.84. The highest BCUT2D eigenvalue weighted by atomic mass is 32.2.